The Labute approximate surface area is 95.7 Å². The van der Waals surface area contributed by atoms with Crippen molar-refractivity contribution >= 4 is 5.97 Å². The summed E-state index contributed by atoms with van der Waals surface area (Å²) in [5.41, 5.74) is 1.02. The van der Waals surface area contributed by atoms with Crippen molar-refractivity contribution in [1.82, 2.24) is 14.7 Å². The van der Waals surface area contributed by atoms with E-state index in [2.05, 4.69) is 5.10 Å². The highest BCUT2D eigenvalue weighted by Gasteiger charge is 2.22. The number of rotatable bonds is 5. The highest BCUT2D eigenvalue weighted by Crippen LogP contribution is 2.21. The fourth-order valence-corrected chi connectivity index (χ4v) is 1.89. The van der Waals surface area contributed by atoms with Gasteiger partial charge in [0.15, 0.2) is 0 Å². The van der Waals surface area contributed by atoms with E-state index in [4.69, 9.17) is 5.11 Å². The Bertz CT molecular complexity index is 360. The second kappa shape index (κ2) is 5.12. The van der Waals surface area contributed by atoms with Crippen LogP contribution in [0.3, 0.4) is 0 Å². The smallest absolute Gasteiger partial charge is 0.317 e. The van der Waals surface area contributed by atoms with Gasteiger partial charge in [-0.2, -0.15) is 5.10 Å². The summed E-state index contributed by atoms with van der Waals surface area (Å²) in [5, 5.41) is 13.0. The highest BCUT2D eigenvalue weighted by molar-refractivity contribution is 5.69. The maximum atomic E-state index is 10.8. The first-order valence-electron chi connectivity index (χ1n) is 5.39. The number of nitrogens with zero attached hydrogens (tertiary/aromatic N) is 3. The van der Waals surface area contributed by atoms with E-state index >= 15 is 0 Å². The average Bonchev–Trinajstić information content (AvgIpc) is 2.59. The van der Waals surface area contributed by atoms with E-state index in [0.29, 0.717) is 0 Å². The van der Waals surface area contributed by atoms with Crippen LogP contribution in [0.4, 0.5) is 0 Å². The third-order valence-electron chi connectivity index (χ3n) is 2.77. The molecule has 1 rings (SSSR count). The predicted molar refractivity (Wildman–Crippen MR) is 61.1 cm³/mol. The molecule has 1 aromatic rings. The van der Waals surface area contributed by atoms with Gasteiger partial charge >= 0.3 is 5.97 Å². The minimum Gasteiger partial charge on any atom is -0.480 e. The number of aromatic nitrogens is 2. The number of hydrogen-bond acceptors (Lipinski definition) is 3. The number of hydrogen-bond donors (Lipinski definition) is 1. The van der Waals surface area contributed by atoms with Gasteiger partial charge in [0.25, 0.3) is 0 Å². The monoisotopic (exact) mass is 225 g/mol. The van der Waals surface area contributed by atoms with Crippen molar-refractivity contribution in [2.75, 3.05) is 6.54 Å². The predicted octanol–water partition coefficient (Wildman–Crippen LogP) is 1.28. The summed E-state index contributed by atoms with van der Waals surface area (Å²) in [6, 6.07) is 2.15. The molecule has 0 radical (unpaired) electrons. The van der Waals surface area contributed by atoms with E-state index in [9.17, 15) is 4.79 Å². The fraction of sp³-hybridized carbons (Fsp3) is 0.636. The lowest BCUT2D eigenvalue weighted by Crippen LogP contribution is -2.38. The first-order chi connectivity index (χ1) is 7.43. The van der Waals surface area contributed by atoms with Crippen molar-refractivity contribution < 1.29 is 9.90 Å². The molecule has 0 aliphatic heterocycles. The van der Waals surface area contributed by atoms with Crippen LogP contribution in [0.2, 0.25) is 0 Å². The van der Waals surface area contributed by atoms with Crippen LogP contribution in [0.25, 0.3) is 0 Å². The second-order valence-corrected chi connectivity index (χ2v) is 4.22. The van der Waals surface area contributed by atoms with Gasteiger partial charge in [-0.05, 0) is 26.8 Å². The van der Waals surface area contributed by atoms with Gasteiger partial charge in [0.2, 0.25) is 0 Å². The molecular formula is C11H19N3O2. The highest BCUT2D eigenvalue weighted by atomic mass is 16.4. The van der Waals surface area contributed by atoms with Crippen molar-refractivity contribution in [2.45, 2.75) is 32.9 Å². The molecule has 0 amide bonds. The Morgan fingerprint density at radius 2 is 2.19 bits per heavy atom. The van der Waals surface area contributed by atoms with Crippen LogP contribution in [0.1, 0.15) is 32.5 Å². The largest absolute Gasteiger partial charge is 0.480 e. The molecule has 0 aromatic carbocycles. The molecule has 1 unspecified atom stereocenters. The van der Waals surface area contributed by atoms with Crippen LogP contribution >= 0.6 is 0 Å². The van der Waals surface area contributed by atoms with Crippen LogP contribution in [-0.4, -0.2) is 38.3 Å². The van der Waals surface area contributed by atoms with Crippen LogP contribution in [0.5, 0.6) is 0 Å². The summed E-state index contributed by atoms with van der Waals surface area (Å²) in [4.78, 5) is 12.7. The zero-order valence-corrected chi connectivity index (χ0v) is 10.2. The number of aryl methyl sites for hydroxylation is 1. The van der Waals surface area contributed by atoms with Crippen LogP contribution in [-0.2, 0) is 11.8 Å². The molecule has 0 spiro atoms. The molecule has 0 fully saturated rings. The topological polar surface area (TPSA) is 58.4 Å². The van der Waals surface area contributed by atoms with E-state index in [1.54, 1.807) is 10.9 Å². The summed E-state index contributed by atoms with van der Waals surface area (Å²) in [6.45, 7) is 6.04. The Kier molecular flexibility index (Phi) is 4.06. The van der Waals surface area contributed by atoms with Gasteiger partial charge in [-0.15, -0.1) is 0 Å². The molecule has 0 saturated carbocycles. The Morgan fingerprint density at radius 1 is 1.56 bits per heavy atom. The van der Waals surface area contributed by atoms with Crippen LogP contribution in [0.15, 0.2) is 12.3 Å². The maximum absolute atomic E-state index is 10.8. The molecular weight excluding hydrogens is 206 g/mol. The molecule has 0 saturated heterocycles. The molecule has 1 N–H and O–H groups in total. The molecule has 16 heavy (non-hydrogen) atoms. The number of carboxylic acids is 1. The van der Waals surface area contributed by atoms with E-state index in [0.717, 1.165) is 5.69 Å². The van der Waals surface area contributed by atoms with Gasteiger partial charge in [0.1, 0.15) is 0 Å². The van der Waals surface area contributed by atoms with Crippen molar-refractivity contribution in [2.24, 2.45) is 7.05 Å². The molecule has 90 valence electrons. The molecule has 5 heteroatoms. The third kappa shape index (κ3) is 2.82. The zero-order valence-electron chi connectivity index (χ0n) is 10.2. The van der Waals surface area contributed by atoms with Crippen molar-refractivity contribution in [3.8, 4) is 0 Å². The average molecular weight is 225 g/mol. The van der Waals surface area contributed by atoms with E-state index in [1.807, 2.05) is 38.8 Å². The van der Waals surface area contributed by atoms with Gasteiger partial charge in [0, 0.05) is 25.3 Å². The lowest BCUT2D eigenvalue weighted by Gasteiger charge is -2.31. The van der Waals surface area contributed by atoms with Crippen LogP contribution in [0, 0.1) is 0 Å². The Hall–Kier alpha value is -1.36. The third-order valence-corrected chi connectivity index (χ3v) is 2.77. The molecule has 1 heterocycles. The van der Waals surface area contributed by atoms with Gasteiger partial charge in [-0.3, -0.25) is 14.4 Å². The van der Waals surface area contributed by atoms with E-state index in [-0.39, 0.29) is 18.6 Å². The molecule has 1 atom stereocenters. The number of aliphatic carboxylic acids is 1. The van der Waals surface area contributed by atoms with Gasteiger partial charge in [-0.1, -0.05) is 0 Å². The first kappa shape index (κ1) is 12.7. The summed E-state index contributed by atoms with van der Waals surface area (Å²) < 4.78 is 1.78. The van der Waals surface area contributed by atoms with E-state index < -0.39 is 5.97 Å². The summed E-state index contributed by atoms with van der Waals surface area (Å²) >= 11 is 0. The van der Waals surface area contributed by atoms with Crippen molar-refractivity contribution in [3.63, 3.8) is 0 Å². The molecule has 1 aromatic heterocycles. The normalized spacial score (nSPS) is 13.4. The lowest BCUT2D eigenvalue weighted by molar-refractivity contribution is -0.139. The molecule has 0 aliphatic rings. The number of carboxylic acid groups (broad SMARTS) is 1. The molecule has 0 bridgehead atoms. The summed E-state index contributed by atoms with van der Waals surface area (Å²) in [5.74, 6) is -0.803. The maximum Gasteiger partial charge on any atom is 0.317 e. The SMILES string of the molecule is CC(C)N(CC(=O)O)C(C)c1ccnn1C. The minimum atomic E-state index is -0.803. The Balaban J connectivity index is 2.87. The minimum absolute atomic E-state index is 0.0450. The molecule has 0 aliphatic carbocycles. The quantitative estimate of drug-likeness (QED) is 0.820. The summed E-state index contributed by atoms with van der Waals surface area (Å²) in [6.07, 6.45) is 1.73. The standard InChI is InChI=1S/C11H19N3O2/c1-8(2)14(7-11(15)16)9(3)10-5-6-12-13(10)4/h5-6,8-9H,7H2,1-4H3,(H,15,16). The van der Waals surface area contributed by atoms with Crippen LogP contribution < -0.4 is 0 Å². The van der Waals surface area contributed by atoms with E-state index in [1.165, 1.54) is 0 Å². The Morgan fingerprint density at radius 3 is 2.56 bits per heavy atom. The zero-order chi connectivity index (χ0) is 12.3. The second-order valence-electron chi connectivity index (χ2n) is 4.22. The van der Waals surface area contributed by atoms with Gasteiger partial charge < -0.3 is 5.11 Å². The lowest BCUT2D eigenvalue weighted by atomic mass is 10.1. The van der Waals surface area contributed by atoms with Crippen molar-refractivity contribution in [3.05, 3.63) is 18.0 Å². The number of carbonyl (C=O) groups is 1. The first-order valence-corrected chi connectivity index (χ1v) is 5.39. The fourth-order valence-electron chi connectivity index (χ4n) is 1.89. The molecule has 5 nitrogen and oxygen atoms in total. The van der Waals surface area contributed by atoms with Gasteiger partial charge in [0.05, 0.1) is 12.2 Å². The van der Waals surface area contributed by atoms with Gasteiger partial charge in [-0.25, -0.2) is 0 Å². The van der Waals surface area contributed by atoms with Crippen molar-refractivity contribution in [1.29, 1.82) is 0 Å². The summed E-state index contributed by atoms with van der Waals surface area (Å²) in [7, 11) is 1.87.